The molecule has 1 saturated carbocycles. The first kappa shape index (κ1) is 16.9. The molecule has 19 heavy (non-hydrogen) atoms. The first-order valence-corrected chi connectivity index (χ1v) is 8.22. The smallest absolute Gasteiger partial charge is 0.0679 e. The largest absolute Gasteiger partial charge is 0.394 e. The molecule has 1 fully saturated rings. The molecule has 3 heteroatoms. The molecule has 0 aliphatic heterocycles. The standard InChI is InChI=1S/C16H33NO2/c1-3-5-6-7-8-9-12-19-14-16(13-18,17-4-2)15-10-11-15/h15,17-18H,3-14H2,1-2H3. The summed E-state index contributed by atoms with van der Waals surface area (Å²) in [6, 6.07) is 0. The number of ether oxygens (including phenoxy) is 1. The van der Waals surface area contributed by atoms with Gasteiger partial charge < -0.3 is 15.2 Å². The lowest BCUT2D eigenvalue weighted by atomic mass is 9.95. The zero-order chi connectivity index (χ0) is 14.0. The summed E-state index contributed by atoms with van der Waals surface area (Å²) >= 11 is 0. The molecule has 0 saturated heterocycles. The highest BCUT2D eigenvalue weighted by Crippen LogP contribution is 2.39. The second-order valence-corrected chi connectivity index (χ2v) is 5.94. The number of likely N-dealkylation sites (N-methyl/N-ethyl adjacent to an activating group) is 1. The van der Waals surface area contributed by atoms with Crippen LogP contribution in [0, 0.1) is 5.92 Å². The highest BCUT2D eigenvalue weighted by molar-refractivity contribution is 5.00. The molecule has 1 aliphatic rings. The van der Waals surface area contributed by atoms with E-state index in [1.807, 2.05) is 0 Å². The third-order valence-corrected chi connectivity index (χ3v) is 4.17. The third kappa shape index (κ3) is 6.24. The van der Waals surface area contributed by atoms with E-state index in [9.17, 15) is 5.11 Å². The zero-order valence-electron chi connectivity index (χ0n) is 12.9. The summed E-state index contributed by atoms with van der Waals surface area (Å²) in [6.45, 7) is 6.94. The van der Waals surface area contributed by atoms with E-state index in [0.717, 1.165) is 19.6 Å². The Bertz CT molecular complexity index is 219. The molecule has 0 aromatic heterocycles. The molecule has 0 amide bonds. The lowest BCUT2D eigenvalue weighted by Gasteiger charge is -2.32. The first-order valence-electron chi connectivity index (χ1n) is 8.22. The third-order valence-electron chi connectivity index (χ3n) is 4.17. The van der Waals surface area contributed by atoms with Gasteiger partial charge in [-0.15, -0.1) is 0 Å². The summed E-state index contributed by atoms with van der Waals surface area (Å²) in [5.41, 5.74) is -0.170. The van der Waals surface area contributed by atoms with Crippen molar-refractivity contribution in [3.63, 3.8) is 0 Å². The van der Waals surface area contributed by atoms with E-state index in [1.165, 1.54) is 44.9 Å². The van der Waals surface area contributed by atoms with Gasteiger partial charge in [0.1, 0.15) is 0 Å². The fourth-order valence-electron chi connectivity index (χ4n) is 2.77. The molecule has 0 radical (unpaired) electrons. The van der Waals surface area contributed by atoms with Crippen LogP contribution < -0.4 is 5.32 Å². The number of unbranched alkanes of at least 4 members (excludes halogenated alkanes) is 5. The van der Waals surface area contributed by atoms with Crippen LogP contribution in [-0.4, -0.2) is 37.0 Å². The average Bonchev–Trinajstić information content (AvgIpc) is 3.25. The second-order valence-electron chi connectivity index (χ2n) is 5.94. The zero-order valence-corrected chi connectivity index (χ0v) is 12.9. The summed E-state index contributed by atoms with van der Waals surface area (Å²) in [7, 11) is 0. The number of aliphatic hydroxyl groups is 1. The van der Waals surface area contributed by atoms with Crippen molar-refractivity contribution in [2.45, 2.75) is 70.8 Å². The maximum absolute atomic E-state index is 9.68. The first-order chi connectivity index (χ1) is 9.29. The van der Waals surface area contributed by atoms with E-state index in [-0.39, 0.29) is 12.1 Å². The maximum atomic E-state index is 9.68. The minimum Gasteiger partial charge on any atom is -0.394 e. The van der Waals surface area contributed by atoms with Gasteiger partial charge >= 0.3 is 0 Å². The van der Waals surface area contributed by atoms with E-state index in [4.69, 9.17) is 4.74 Å². The van der Waals surface area contributed by atoms with Crippen LogP contribution in [-0.2, 0) is 4.74 Å². The predicted molar refractivity (Wildman–Crippen MR) is 80.4 cm³/mol. The van der Waals surface area contributed by atoms with Gasteiger partial charge in [0.05, 0.1) is 18.8 Å². The fourth-order valence-corrected chi connectivity index (χ4v) is 2.77. The van der Waals surface area contributed by atoms with Crippen LogP contribution in [0.3, 0.4) is 0 Å². The van der Waals surface area contributed by atoms with Gasteiger partial charge in [-0.2, -0.15) is 0 Å². The van der Waals surface area contributed by atoms with E-state index in [0.29, 0.717) is 12.5 Å². The molecule has 114 valence electrons. The van der Waals surface area contributed by atoms with E-state index < -0.39 is 0 Å². The van der Waals surface area contributed by atoms with Crippen LogP contribution >= 0.6 is 0 Å². The highest BCUT2D eigenvalue weighted by Gasteiger charge is 2.44. The maximum Gasteiger partial charge on any atom is 0.0679 e. The Hall–Kier alpha value is -0.120. The van der Waals surface area contributed by atoms with Crippen molar-refractivity contribution in [3.05, 3.63) is 0 Å². The minimum absolute atomic E-state index is 0.170. The van der Waals surface area contributed by atoms with Gasteiger partial charge in [0, 0.05) is 6.61 Å². The summed E-state index contributed by atoms with van der Waals surface area (Å²) in [5.74, 6) is 0.613. The van der Waals surface area contributed by atoms with Crippen molar-refractivity contribution in [2.24, 2.45) is 5.92 Å². The molecule has 0 aromatic rings. The molecule has 1 rings (SSSR count). The molecule has 0 spiro atoms. The van der Waals surface area contributed by atoms with Crippen LogP contribution in [0.15, 0.2) is 0 Å². The van der Waals surface area contributed by atoms with Crippen molar-refractivity contribution < 1.29 is 9.84 Å². The Morgan fingerprint density at radius 1 is 1.11 bits per heavy atom. The monoisotopic (exact) mass is 271 g/mol. The van der Waals surface area contributed by atoms with Crippen molar-refractivity contribution in [2.75, 3.05) is 26.4 Å². The van der Waals surface area contributed by atoms with E-state index in [2.05, 4.69) is 19.2 Å². The van der Waals surface area contributed by atoms with Crippen LogP contribution in [0.5, 0.6) is 0 Å². The fraction of sp³-hybridized carbons (Fsp3) is 1.00. The number of aliphatic hydroxyl groups excluding tert-OH is 1. The lowest BCUT2D eigenvalue weighted by molar-refractivity contribution is 0.0232. The van der Waals surface area contributed by atoms with E-state index in [1.54, 1.807) is 0 Å². The second kappa shape index (κ2) is 9.73. The predicted octanol–water partition coefficient (Wildman–Crippen LogP) is 3.11. The number of hydrogen-bond acceptors (Lipinski definition) is 3. The highest BCUT2D eigenvalue weighted by atomic mass is 16.5. The molecule has 3 nitrogen and oxygen atoms in total. The van der Waals surface area contributed by atoms with Crippen LogP contribution in [0.25, 0.3) is 0 Å². The normalized spacial score (nSPS) is 18.5. The molecular formula is C16H33NO2. The molecule has 0 bridgehead atoms. The molecule has 0 heterocycles. The molecule has 2 N–H and O–H groups in total. The van der Waals surface area contributed by atoms with Crippen molar-refractivity contribution in [1.82, 2.24) is 5.32 Å². The van der Waals surface area contributed by atoms with Crippen LogP contribution in [0.1, 0.15) is 65.2 Å². The Kier molecular flexibility index (Phi) is 8.67. The molecule has 1 unspecified atom stereocenters. The van der Waals surface area contributed by atoms with Gasteiger partial charge in [-0.3, -0.25) is 0 Å². The Morgan fingerprint density at radius 3 is 2.37 bits per heavy atom. The summed E-state index contributed by atoms with van der Waals surface area (Å²) in [5, 5.41) is 13.1. The van der Waals surface area contributed by atoms with E-state index >= 15 is 0 Å². The Labute approximate surface area is 119 Å². The van der Waals surface area contributed by atoms with Gasteiger partial charge in [0.2, 0.25) is 0 Å². The van der Waals surface area contributed by atoms with Crippen molar-refractivity contribution >= 4 is 0 Å². The van der Waals surface area contributed by atoms with Crippen molar-refractivity contribution in [1.29, 1.82) is 0 Å². The van der Waals surface area contributed by atoms with Gasteiger partial charge in [-0.25, -0.2) is 0 Å². The quantitative estimate of drug-likeness (QED) is 0.506. The van der Waals surface area contributed by atoms with Gasteiger partial charge in [0.15, 0.2) is 0 Å². The Balaban J connectivity index is 2.08. The Morgan fingerprint density at radius 2 is 1.79 bits per heavy atom. The van der Waals surface area contributed by atoms with Gasteiger partial charge in [-0.1, -0.05) is 46.0 Å². The average molecular weight is 271 g/mol. The topological polar surface area (TPSA) is 41.5 Å². The molecule has 1 aliphatic carbocycles. The molecular weight excluding hydrogens is 238 g/mol. The summed E-state index contributed by atoms with van der Waals surface area (Å²) < 4.78 is 5.83. The molecule has 0 aromatic carbocycles. The number of rotatable bonds is 13. The minimum atomic E-state index is -0.170. The lowest BCUT2D eigenvalue weighted by Crippen LogP contribution is -2.54. The van der Waals surface area contributed by atoms with Crippen LogP contribution in [0.2, 0.25) is 0 Å². The van der Waals surface area contributed by atoms with Crippen molar-refractivity contribution in [3.8, 4) is 0 Å². The summed E-state index contributed by atoms with van der Waals surface area (Å²) in [4.78, 5) is 0. The number of nitrogens with one attached hydrogen (secondary N) is 1. The summed E-state index contributed by atoms with van der Waals surface area (Å²) in [6.07, 6.45) is 10.2. The van der Waals surface area contributed by atoms with Gasteiger partial charge in [-0.05, 0) is 31.7 Å². The van der Waals surface area contributed by atoms with Gasteiger partial charge in [0.25, 0.3) is 0 Å². The van der Waals surface area contributed by atoms with Crippen LogP contribution in [0.4, 0.5) is 0 Å². The number of hydrogen-bond donors (Lipinski definition) is 2. The SMILES string of the molecule is CCCCCCCCOCC(CO)(NCC)C1CC1. The molecule has 1 atom stereocenters.